The molecule has 2 rings (SSSR count). The second-order valence-electron chi connectivity index (χ2n) is 4.76. The van der Waals surface area contributed by atoms with Crippen molar-refractivity contribution in [1.29, 1.82) is 0 Å². The maximum Gasteiger partial charge on any atom is 0.212 e. The Kier molecular flexibility index (Phi) is 4.54. The second-order valence-corrected chi connectivity index (χ2v) is 5.56. The summed E-state index contributed by atoms with van der Waals surface area (Å²) in [6.07, 6.45) is 2.35. The lowest BCUT2D eigenvalue weighted by molar-refractivity contribution is 0.397. The summed E-state index contributed by atoms with van der Waals surface area (Å²) >= 11 is 3.44. The van der Waals surface area contributed by atoms with E-state index in [9.17, 15) is 0 Å². The van der Waals surface area contributed by atoms with E-state index in [1.165, 1.54) is 0 Å². The Morgan fingerprint density at radius 1 is 1.30 bits per heavy atom. The van der Waals surface area contributed by atoms with Crippen LogP contribution in [0.4, 0.5) is 5.82 Å². The molecular weight excluding hydrogens is 320 g/mol. The molecule has 0 aromatic carbocycles. The van der Waals surface area contributed by atoms with Crippen molar-refractivity contribution in [3.63, 3.8) is 0 Å². The molecule has 2 aromatic heterocycles. The van der Waals surface area contributed by atoms with Gasteiger partial charge in [-0.05, 0) is 27.4 Å². The molecule has 0 fully saturated rings. The standard InChI is InChI=1S/C14H17BrN4O/c1-8(2)13-12(15)14(16)19-10(18-13)6-9-4-5-11(20-3)17-7-9/h4-5,7-8H,6H2,1-3H3,(H2,16,18,19). The minimum atomic E-state index is 0.280. The topological polar surface area (TPSA) is 73.9 Å². The third-order valence-electron chi connectivity index (χ3n) is 2.86. The van der Waals surface area contributed by atoms with Gasteiger partial charge >= 0.3 is 0 Å². The van der Waals surface area contributed by atoms with Crippen LogP contribution in [0.5, 0.6) is 5.88 Å². The molecule has 0 saturated heterocycles. The van der Waals surface area contributed by atoms with E-state index in [4.69, 9.17) is 10.5 Å². The number of halogens is 1. The van der Waals surface area contributed by atoms with Crippen LogP contribution in [-0.4, -0.2) is 22.1 Å². The van der Waals surface area contributed by atoms with Gasteiger partial charge < -0.3 is 10.5 Å². The van der Waals surface area contributed by atoms with Crippen molar-refractivity contribution in [3.8, 4) is 5.88 Å². The van der Waals surface area contributed by atoms with Gasteiger partial charge in [0.05, 0.1) is 17.3 Å². The summed E-state index contributed by atoms with van der Waals surface area (Å²) in [5.74, 6) is 2.04. The van der Waals surface area contributed by atoms with Crippen LogP contribution in [0.2, 0.25) is 0 Å². The number of ether oxygens (including phenoxy) is 1. The lowest BCUT2D eigenvalue weighted by Crippen LogP contribution is -2.07. The number of rotatable bonds is 4. The Hall–Kier alpha value is -1.69. The van der Waals surface area contributed by atoms with E-state index in [0.29, 0.717) is 23.9 Å². The number of hydrogen-bond acceptors (Lipinski definition) is 5. The first-order valence-electron chi connectivity index (χ1n) is 6.32. The Labute approximate surface area is 126 Å². The highest BCUT2D eigenvalue weighted by molar-refractivity contribution is 9.10. The molecule has 2 N–H and O–H groups in total. The summed E-state index contributed by atoms with van der Waals surface area (Å²) in [5.41, 5.74) is 7.87. The normalized spacial score (nSPS) is 10.8. The zero-order chi connectivity index (χ0) is 14.7. The number of methoxy groups -OCH3 is 1. The van der Waals surface area contributed by atoms with Gasteiger partial charge in [0.1, 0.15) is 11.6 Å². The van der Waals surface area contributed by atoms with Gasteiger partial charge in [-0.25, -0.2) is 15.0 Å². The Morgan fingerprint density at radius 2 is 2.05 bits per heavy atom. The molecule has 0 amide bonds. The molecule has 0 aliphatic rings. The van der Waals surface area contributed by atoms with Gasteiger partial charge in [-0.3, -0.25) is 0 Å². The van der Waals surface area contributed by atoms with E-state index >= 15 is 0 Å². The fraction of sp³-hybridized carbons (Fsp3) is 0.357. The molecule has 6 heteroatoms. The van der Waals surface area contributed by atoms with Gasteiger partial charge in [-0.1, -0.05) is 19.9 Å². The van der Waals surface area contributed by atoms with Crippen LogP contribution in [0.25, 0.3) is 0 Å². The Bertz CT molecular complexity index is 599. The van der Waals surface area contributed by atoms with Gasteiger partial charge in [0.25, 0.3) is 0 Å². The maximum absolute atomic E-state index is 5.92. The molecule has 0 radical (unpaired) electrons. The quantitative estimate of drug-likeness (QED) is 0.928. The summed E-state index contributed by atoms with van der Waals surface area (Å²) < 4.78 is 5.82. The summed E-state index contributed by atoms with van der Waals surface area (Å²) in [7, 11) is 1.59. The lowest BCUT2D eigenvalue weighted by atomic mass is 10.1. The van der Waals surface area contributed by atoms with Gasteiger partial charge in [0.15, 0.2) is 0 Å². The van der Waals surface area contributed by atoms with Gasteiger partial charge in [-0.15, -0.1) is 0 Å². The number of aromatic nitrogens is 3. The van der Waals surface area contributed by atoms with E-state index in [-0.39, 0.29) is 5.92 Å². The van der Waals surface area contributed by atoms with E-state index < -0.39 is 0 Å². The minimum Gasteiger partial charge on any atom is -0.481 e. The average molecular weight is 337 g/mol. The zero-order valence-corrected chi connectivity index (χ0v) is 13.3. The monoisotopic (exact) mass is 336 g/mol. The molecule has 20 heavy (non-hydrogen) atoms. The summed E-state index contributed by atoms with van der Waals surface area (Å²) in [6, 6.07) is 3.77. The van der Waals surface area contributed by atoms with Crippen molar-refractivity contribution in [2.45, 2.75) is 26.2 Å². The van der Waals surface area contributed by atoms with Crippen LogP contribution in [0.1, 0.15) is 36.8 Å². The predicted molar refractivity (Wildman–Crippen MR) is 81.8 cm³/mol. The Balaban J connectivity index is 2.28. The van der Waals surface area contributed by atoms with Crippen LogP contribution in [-0.2, 0) is 6.42 Å². The highest BCUT2D eigenvalue weighted by Gasteiger charge is 2.13. The van der Waals surface area contributed by atoms with Crippen LogP contribution < -0.4 is 10.5 Å². The van der Waals surface area contributed by atoms with Crippen molar-refractivity contribution in [2.75, 3.05) is 12.8 Å². The first-order chi connectivity index (χ1) is 9.51. The maximum atomic E-state index is 5.92. The van der Waals surface area contributed by atoms with Crippen LogP contribution in [0.15, 0.2) is 22.8 Å². The van der Waals surface area contributed by atoms with Crippen LogP contribution in [0.3, 0.4) is 0 Å². The first-order valence-corrected chi connectivity index (χ1v) is 7.11. The van der Waals surface area contributed by atoms with Crippen molar-refractivity contribution in [1.82, 2.24) is 15.0 Å². The van der Waals surface area contributed by atoms with Gasteiger partial charge in [-0.2, -0.15) is 0 Å². The minimum absolute atomic E-state index is 0.280. The zero-order valence-electron chi connectivity index (χ0n) is 11.7. The second kappa shape index (κ2) is 6.17. The molecule has 0 aliphatic carbocycles. The summed E-state index contributed by atoms with van der Waals surface area (Å²) in [4.78, 5) is 13.1. The van der Waals surface area contributed by atoms with E-state index in [2.05, 4.69) is 44.7 Å². The molecule has 0 spiro atoms. The summed E-state index contributed by atoms with van der Waals surface area (Å²) in [5, 5.41) is 0. The van der Waals surface area contributed by atoms with E-state index in [1.54, 1.807) is 13.3 Å². The van der Waals surface area contributed by atoms with E-state index in [1.807, 2.05) is 12.1 Å². The molecule has 106 valence electrons. The van der Waals surface area contributed by atoms with Crippen molar-refractivity contribution >= 4 is 21.7 Å². The first kappa shape index (κ1) is 14.7. The largest absolute Gasteiger partial charge is 0.481 e. The molecule has 0 unspecified atom stereocenters. The molecule has 2 heterocycles. The van der Waals surface area contributed by atoms with Crippen LogP contribution >= 0.6 is 15.9 Å². The predicted octanol–water partition coefficient (Wildman–Crippen LogP) is 2.94. The van der Waals surface area contributed by atoms with Gasteiger partial charge in [0, 0.05) is 18.7 Å². The van der Waals surface area contributed by atoms with Crippen molar-refractivity contribution < 1.29 is 4.74 Å². The van der Waals surface area contributed by atoms with Crippen molar-refractivity contribution in [2.24, 2.45) is 0 Å². The summed E-state index contributed by atoms with van der Waals surface area (Å²) in [6.45, 7) is 4.15. The fourth-order valence-corrected chi connectivity index (χ4v) is 2.45. The molecule has 0 saturated carbocycles. The number of anilines is 1. The van der Waals surface area contributed by atoms with Crippen molar-refractivity contribution in [3.05, 3.63) is 39.9 Å². The number of nitrogens with zero attached hydrogens (tertiary/aromatic N) is 3. The number of nitrogen functional groups attached to an aromatic ring is 1. The molecule has 2 aromatic rings. The Morgan fingerprint density at radius 3 is 2.60 bits per heavy atom. The average Bonchev–Trinajstić information content (AvgIpc) is 2.43. The SMILES string of the molecule is COc1ccc(Cc2nc(N)c(Br)c(C(C)C)n2)cn1. The van der Waals surface area contributed by atoms with E-state index in [0.717, 1.165) is 15.7 Å². The van der Waals surface area contributed by atoms with Crippen LogP contribution in [0, 0.1) is 0 Å². The third-order valence-corrected chi connectivity index (χ3v) is 3.68. The fourth-order valence-electron chi connectivity index (χ4n) is 1.81. The smallest absolute Gasteiger partial charge is 0.212 e. The number of hydrogen-bond donors (Lipinski definition) is 1. The molecule has 0 aliphatic heterocycles. The molecular formula is C14H17BrN4O. The highest BCUT2D eigenvalue weighted by atomic mass is 79.9. The molecule has 5 nitrogen and oxygen atoms in total. The number of pyridine rings is 1. The number of nitrogens with two attached hydrogens (primary N) is 1. The highest BCUT2D eigenvalue weighted by Crippen LogP contribution is 2.27. The molecule has 0 bridgehead atoms. The third kappa shape index (κ3) is 3.25. The lowest BCUT2D eigenvalue weighted by Gasteiger charge is -2.11. The van der Waals surface area contributed by atoms with Gasteiger partial charge in [0.2, 0.25) is 5.88 Å². The molecule has 0 atom stereocenters.